The van der Waals surface area contributed by atoms with E-state index in [4.69, 9.17) is 9.47 Å². The molecule has 0 spiro atoms. The number of halogens is 6. The van der Waals surface area contributed by atoms with Crippen LogP contribution in [0.4, 0.5) is 42.5 Å². The fourth-order valence-electron chi connectivity index (χ4n) is 5.79. The molecule has 1 N–H and O–H groups in total. The third kappa shape index (κ3) is 8.24. The lowest BCUT2D eigenvalue weighted by Crippen LogP contribution is -2.46. The molecule has 16 heteroatoms. The highest BCUT2D eigenvalue weighted by molar-refractivity contribution is 7.70. The summed E-state index contributed by atoms with van der Waals surface area (Å²) < 4.78 is 113. The van der Waals surface area contributed by atoms with Crippen LogP contribution in [-0.4, -0.2) is 81.3 Å². The van der Waals surface area contributed by atoms with E-state index < -0.39 is 68.0 Å². The maximum atomic E-state index is 14.8. The van der Waals surface area contributed by atoms with Crippen molar-refractivity contribution in [3.63, 3.8) is 0 Å². The Morgan fingerprint density at radius 1 is 1.16 bits per heavy atom. The highest BCUT2D eigenvalue weighted by atomic mass is 32.1. The molecule has 0 aliphatic carbocycles. The summed E-state index contributed by atoms with van der Waals surface area (Å²) in [4.78, 5) is 16.5. The van der Waals surface area contributed by atoms with Gasteiger partial charge in [-0.25, -0.2) is 9.18 Å². The van der Waals surface area contributed by atoms with Crippen LogP contribution in [0.1, 0.15) is 37.6 Å². The van der Waals surface area contributed by atoms with Crippen molar-refractivity contribution in [1.29, 1.82) is 0 Å². The Morgan fingerprint density at radius 3 is 2.49 bits per heavy atom. The molecule has 8 nitrogen and oxygen atoms in total. The highest BCUT2D eigenvalue weighted by Gasteiger charge is 2.49. The van der Waals surface area contributed by atoms with Crippen LogP contribution in [0.3, 0.4) is 0 Å². The summed E-state index contributed by atoms with van der Waals surface area (Å²) in [5.74, 6) is 4.38. The summed E-state index contributed by atoms with van der Waals surface area (Å²) >= 11 is 1.02. The zero-order valence-electron chi connectivity index (χ0n) is 27.6. The first kappa shape index (κ1) is 36.7. The average molecular weight is 732 g/mol. The molecule has 0 saturated carbocycles. The van der Waals surface area contributed by atoms with Gasteiger partial charge >= 0.3 is 18.6 Å². The van der Waals surface area contributed by atoms with E-state index in [1.165, 1.54) is 25.5 Å². The number of piperidine rings is 1. The zero-order chi connectivity index (χ0) is 36.1. The number of hydrogen-bond donors (Lipinski definition) is 1. The minimum Gasteiger partial charge on any atom is -0.436 e. The number of nitrogens with zero attached hydrogens (tertiary/aromatic N) is 2. The number of benzene rings is 2. The Hall–Kier alpha value is -3.60. The van der Waals surface area contributed by atoms with Crippen molar-refractivity contribution in [2.45, 2.75) is 63.8 Å². The second-order valence-corrected chi connectivity index (χ2v) is 17.5. The van der Waals surface area contributed by atoms with E-state index in [2.05, 4.69) is 21.9 Å². The Morgan fingerprint density at radius 2 is 1.86 bits per heavy atom. The van der Waals surface area contributed by atoms with E-state index in [0.29, 0.717) is 28.7 Å². The summed E-state index contributed by atoms with van der Waals surface area (Å²) in [6, 6.07) is 6.96. The van der Waals surface area contributed by atoms with Gasteiger partial charge in [0.25, 0.3) is 0 Å². The quantitative estimate of drug-likeness (QED) is 0.157. The van der Waals surface area contributed by atoms with Crippen molar-refractivity contribution >= 4 is 51.3 Å². The lowest BCUT2D eigenvalue weighted by Gasteiger charge is -2.35. The van der Waals surface area contributed by atoms with Crippen LogP contribution < -0.4 is 25.0 Å². The molecule has 2 aliphatic heterocycles. The van der Waals surface area contributed by atoms with Gasteiger partial charge in [-0.15, -0.1) is 20.1 Å². The van der Waals surface area contributed by atoms with Gasteiger partial charge in [0.05, 0.1) is 38.7 Å². The van der Waals surface area contributed by atoms with Crippen LogP contribution >= 0.6 is 18.5 Å². The number of nitrogens with one attached hydrogen (secondary N) is 1. The van der Waals surface area contributed by atoms with E-state index in [1.54, 1.807) is 39.0 Å². The van der Waals surface area contributed by atoms with Gasteiger partial charge in [0.1, 0.15) is 13.3 Å². The molecule has 49 heavy (non-hydrogen) atoms. The molecule has 1 fully saturated rings. The first-order valence-electron chi connectivity index (χ1n) is 15.3. The Bertz CT molecular complexity index is 1860. The van der Waals surface area contributed by atoms with Crippen molar-refractivity contribution in [3.8, 4) is 23.3 Å². The molecule has 1 saturated heterocycles. The average Bonchev–Trinajstić information content (AvgIpc) is 3.47. The monoisotopic (exact) mass is 731 g/mol. The van der Waals surface area contributed by atoms with Gasteiger partial charge in [0.15, 0.2) is 18.1 Å². The predicted molar refractivity (Wildman–Crippen MR) is 178 cm³/mol. The molecule has 5 rings (SSSR count). The van der Waals surface area contributed by atoms with Crippen molar-refractivity contribution in [2.75, 3.05) is 50.3 Å². The fraction of sp³-hybridized carbons (Fsp3) is 0.485. The van der Waals surface area contributed by atoms with Crippen molar-refractivity contribution in [3.05, 3.63) is 40.8 Å². The van der Waals surface area contributed by atoms with Crippen LogP contribution in [0.2, 0.25) is 0 Å². The number of hydrogen-bond acceptors (Lipinski definition) is 8. The lowest BCUT2D eigenvalue weighted by molar-refractivity contribution is -0.286. The summed E-state index contributed by atoms with van der Waals surface area (Å²) in [5, 5.41) is 3.51. The molecule has 0 radical (unpaired) electrons. The first-order valence-corrected chi connectivity index (χ1v) is 18.7. The van der Waals surface area contributed by atoms with Crippen LogP contribution in [0.5, 0.6) is 11.5 Å². The summed E-state index contributed by atoms with van der Waals surface area (Å²) in [6.07, 6.45) is -11.5. The highest BCUT2D eigenvalue weighted by Crippen LogP contribution is 2.52. The SMILES string of the molecule is CN1CC[C@@H](Nc2cccc3c(CC(F)(F)F)c(C#CCOC(=O)N(c4ccc(P(C)(C)=O)c5c4OC(F)(F)O5)C(C)(C)C)sc23)[C@@H](F)C1. The molecular formula is C33H36F6N3O5PS. The van der Waals surface area contributed by atoms with Crippen LogP contribution in [0.15, 0.2) is 30.3 Å². The Kier molecular flexibility index (Phi) is 9.93. The predicted octanol–water partition coefficient (Wildman–Crippen LogP) is 7.82. The molecule has 0 unspecified atom stereocenters. The second kappa shape index (κ2) is 13.3. The number of alkyl halides is 6. The van der Waals surface area contributed by atoms with Gasteiger partial charge < -0.3 is 29.0 Å². The molecule has 2 aliphatic rings. The van der Waals surface area contributed by atoms with Gasteiger partial charge in [-0.3, -0.25) is 4.90 Å². The molecule has 0 bridgehead atoms. The topological polar surface area (TPSA) is 80.3 Å². The van der Waals surface area contributed by atoms with Gasteiger partial charge in [0, 0.05) is 18.6 Å². The number of fused-ring (bicyclic) bond motifs is 2. The number of amides is 1. The lowest BCUT2D eigenvalue weighted by atomic mass is 10.0. The van der Waals surface area contributed by atoms with E-state index in [1.807, 2.05) is 11.9 Å². The minimum atomic E-state index is -4.55. The van der Waals surface area contributed by atoms with E-state index >= 15 is 0 Å². The molecule has 3 aromatic rings. The van der Waals surface area contributed by atoms with Gasteiger partial charge in [-0.1, -0.05) is 24.0 Å². The number of rotatable bonds is 6. The molecule has 3 heterocycles. The number of thiophene rings is 1. The number of ether oxygens (including phenoxy) is 3. The van der Waals surface area contributed by atoms with Gasteiger partial charge in [-0.2, -0.15) is 13.2 Å². The third-order valence-corrected chi connectivity index (χ3v) is 10.6. The molecule has 2 aromatic carbocycles. The summed E-state index contributed by atoms with van der Waals surface area (Å²) in [5.41, 5.74) is -0.748. The number of carbonyl (C=O) groups excluding carboxylic acids is 1. The minimum absolute atomic E-state index is 0.00345. The second-order valence-electron chi connectivity index (χ2n) is 13.3. The number of anilines is 2. The molecule has 1 aromatic heterocycles. The smallest absolute Gasteiger partial charge is 0.436 e. The van der Waals surface area contributed by atoms with Crippen molar-refractivity contribution in [1.82, 2.24) is 4.90 Å². The van der Waals surface area contributed by atoms with Crippen LogP contribution in [0, 0.1) is 11.8 Å². The Labute approximate surface area is 284 Å². The standard InChI is InChI=1S/C33H36F6N3O5PS/c1-31(2,3)42(24-12-13-25(48(5,6)44)28-27(24)46-33(38,39)47-28)30(43)45-16-8-11-26-20(17-32(35,36)37)19-9-7-10-23(29(19)49-26)40-22-14-15-41(4)18-21(22)34/h7,9-10,12-13,21-22,40H,14-18H2,1-6H3/t21-,22+/m0/s1. The third-order valence-electron chi connectivity index (χ3n) is 7.94. The summed E-state index contributed by atoms with van der Waals surface area (Å²) in [6.45, 7) is 7.94. The first-order chi connectivity index (χ1) is 22.6. The van der Waals surface area contributed by atoms with Crippen LogP contribution in [-0.2, 0) is 15.7 Å². The molecule has 2 atom stereocenters. The van der Waals surface area contributed by atoms with Crippen molar-refractivity contribution in [2.24, 2.45) is 0 Å². The number of likely N-dealkylation sites (tertiary alicyclic amines) is 1. The maximum Gasteiger partial charge on any atom is 0.586 e. The molecule has 1 amide bonds. The van der Waals surface area contributed by atoms with Gasteiger partial charge in [-0.05, 0) is 76.7 Å². The number of carbonyl (C=O) groups is 1. The maximum absolute atomic E-state index is 14.8. The zero-order valence-corrected chi connectivity index (χ0v) is 29.3. The van der Waals surface area contributed by atoms with E-state index in [0.717, 1.165) is 16.2 Å². The summed E-state index contributed by atoms with van der Waals surface area (Å²) in [7, 11) is -1.29. The molecule has 266 valence electrons. The van der Waals surface area contributed by atoms with Crippen molar-refractivity contribution < 1.29 is 49.9 Å². The largest absolute Gasteiger partial charge is 0.586 e. The van der Waals surface area contributed by atoms with E-state index in [9.17, 15) is 35.7 Å². The Balaban J connectivity index is 1.42. The van der Waals surface area contributed by atoms with Crippen LogP contribution in [0.25, 0.3) is 10.1 Å². The van der Waals surface area contributed by atoms with Gasteiger partial charge in [0.2, 0.25) is 0 Å². The fourth-order valence-corrected chi connectivity index (χ4v) is 8.03. The normalized spacial score (nSPS) is 19.3. The van der Waals surface area contributed by atoms with E-state index in [-0.39, 0.29) is 28.0 Å². The molecular weight excluding hydrogens is 695 g/mol.